The Morgan fingerprint density at radius 1 is 1.16 bits per heavy atom. The summed E-state index contributed by atoms with van der Waals surface area (Å²) in [6.07, 6.45) is 0.895. The minimum atomic E-state index is -3.83. The number of ether oxygens (including phenoxy) is 1. The van der Waals surface area contributed by atoms with Crippen molar-refractivity contribution in [3.63, 3.8) is 0 Å². The first kappa shape index (κ1) is 25.2. The first-order valence-electron chi connectivity index (χ1n) is 12.2. The van der Waals surface area contributed by atoms with Crippen LogP contribution in [0.2, 0.25) is 0 Å². The molecule has 0 unspecified atom stereocenters. The number of hydrogen-bond acceptors (Lipinski definition) is 9. The molecule has 1 atom stereocenters. The summed E-state index contributed by atoms with van der Waals surface area (Å²) >= 11 is 0. The van der Waals surface area contributed by atoms with Gasteiger partial charge in [0, 0.05) is 30.9 Å². The Morgan fingerprint density at radius 3 is 2.49 bits per heavy atom. The molecule has 5 rings (SSSR count). The highest BCUT2D eigenvalue weighted by Crippen LogP contribution is 2.56. The molecule has 2 fully saturated rings. The third-order valence-electron chi connectivity index (χ3n) is 6.92. The molecule has 2 aliphatic rings. The SMILES string of the molecule is CNC(=O)Nc1ccc(-c2nc(N3CCOC[C@@H]3C)cc(C3(S(=O)(=O)c4c(C)noc4C)CC3)n2)cc1. The van der Waals surface area contributed by atoms with E-state index in [1.807, 2.05) is 6.92 Å². The number of nitrogens with one attached hydrogen (secondary N) is 2. The number of urea groups is 1. The molecule has 1 aromatic carbocycles. The molecule has 196 valence electrons. The van der Waals surface area contributed by atoms with Crippen molar-refractivity contribution >= 4 is 27.4 Å². The summed E-state index contributed by atoms with van der Waals surface area (Å²) < 4.78 is 37.5. The minimum Gasteiger partial charge on any atom is -0.377 e. The summed E-state index contributed by atoms with van der Waals surface area (Å²) in [4.78, 5) is 23.6. The highest BCUT2D eigenvalue weighted by Gasteiger charge is 2.59. The fraction of sp³-hybridized carbons (Fsp3) is 0.440. The third-order valence-corrected chi connectivity index (χ3v) is 9.69. The Morgan fingerprint density at radius 2 is 1.89 bits per heavy atom. The molecule has 0 spiro atoms. The first-order valence-corrected chi connectivity index (χ1v) is 13.7. The number of amides is 2. The van der Waals surface area contributed by atoms with Gasteiger partial charge in [-0.15, -0.1) is 0 Å². The molecule has 2 N–H and O–H groups in total. The number of rotatable bonds is 6. The summed E-state index contributed by atoms with van der Waals surface area (Å²) in [5.41, 5.74) is 2.12. The van der Waals surface area contributed by atoms with Gasteiger partial charge in [-0.05, 0) is 57.9 Å². The molecular formula is C25H30N6O5S. The molecule has 0 bridgehead atoms. The van der Waals surface area contributed by atoms with Crippen LogP contribution < -0.4 is 15.5 Å². The van der Waals surface area contributed by atoms with Crippen LogP contribution >= 0.6 is 0 Å². The van der Waals surface area contributed by atoms with Crippen molar-refractivity contribution in [1.82, 2.24) is 20.4 Å². The van der Waals surface area contributed by atoms with Gasteiger partial charge < -0.3 is 24.8 Å². The second-order valence-electron chi connectivity index (χ2n) is 9.48. The van der Waals surface area contributed by atoms with E-state index in [4.69, 9.17) is 19.2 Å². The summed E-state index contributed by atoms with van der Waals surface area (Å²) in [5.74, 6) is 1.35. The lowest BCUT2D eigenvalue weighted by atomic mass is 10.1. The minimum absolute atomic E-state index is 0.0674. The molecule has 3 heterocycles. The first-order chi connectivity index (χ1) is 17.7. The number of carbonyl (C=O) groups is 1. The molecule has 2 aromatic heterocycles. The Bertz CT molecular complexity index is 1410. The predicted octanol–water partition coefficient (Wildman–Crippen LogP) is 3.19. The Hall–Kier alpha value is -3.51. The van der Waals surface area contributed by atoms with Crippen LogP contribution in [0.4, 0.5) is 16.3 Å². The van der Waals surface area contributed by atoms with Crippen LogP contribution in [0.25, 0.3) is 11.4 Å². The molecule has 11 nitrogen and oxygen atoms in total. The highest BCUT2D eigenvalue weighted by atomic mass is 32.2. The maximum absolute atomic E-state index is 14.0. The van der Waals surface area contributed by atoms with Crippen LogP contribution in [0.3, 0.4) is 0 Å². The number of nitrogens with zero attached hydrogens (tertiary/aromatic N) is 4. The second-order valence-corrected chi connectivity index (χ2v) is 11.7. The van der Waals surface area contributed by atoms with Crippen molar-refractivity contribution in [2.75, 3.05) is 37.0 Å². The quantitative estimate of drug-likeness (QED) is 0.495. The van der Waals surface area contributed by atoms with Gasteiger partial charge in [0.05, 0.1) is 30.6 Å². The molecule has 3 aromatic rings. The van der Waals surface area contributed by atoms with E-state index in [1.54, 1.807) is 51.2 Å². The van der Waals surface area contributed by atoms with Gasteiger partial charge in [-0.1, -0.05) is 5.16 Å². The number of morpholine rings is 1. The van der Waals surface area contributed by atoms with Gasteiger partial charge in [0.25, 0.3) is 0 Å². The second kappa shape index (κ2) is 9.42. The van der Waals surface area contributed by atoms with Crippen molar-refractivity contribution in [2.24, 2.45) is 0 Å². The van der Waals surface area contributed by atoms with Crippen LogP contribution in [-0.4, -0.2) is 62.4 Å². The standard InChI is InChI=1S/C25H30N6O5S/c1-15-14-35-12-11-31(15)21-13-20(25(9-10-25)37(33,34)22-16(2)30-36-17(22)3)28-23(29-21)18-5-7-19(8-6-18)27-24(32)26-4/h5-8,13,15H,9-12,14H2,1-4H3,(H2,26,27,32)/t15-/m0/s1. The van der Waals surface area contributed by atoms with E-state index >= 15 is 0 Å². The van der Waals surface area contributed by atoms with E-state index in [0.717, 1.165) is 0 Å². The lowest BCUT2D eigenvalue weighted by Crippen LogP contribution is -2.44. The zero-order valence-electron chi connectivity index (χ0n) is 21.2. The topological polar surface area (TPSA) is 140 Å². The van der Waals surface area contributed by atoms with Crippen LogP contribution in [0, 0.1) is 13.8 Å². The average molecular weight is 527 g/mol. The van der Waals surface area contributed by atoms with E-state index in [0.29, 0.717) is 66.9 Å². The number of benzene rings is 1. The molecule has 1 saturated heterocycles. The van der Waals surface area contributed by atoms with Gasteiger partial charge in [-0.2, -0.15) is 0 Å². The van der Waals surface area contributed by atoms with E-state index in [1.165, 1.54) is 0 Å². The fourth-order valence-corrected chi connectivity index (χ4v) is 6.99. The maximum Gasteiger partial charge on any atom is 0.318 e. The van der Waals surface area contributed by atoms with Crippen LogP contribution in [-0.2, 0) is 19.3 Å². The number of aromatic nitrogens is 3. The van der Waals surface area contributed by atoms with Crippen molar-refractivity contribution in [2.45, 2.75) is 49.3 Å². The fourth-order valence-electron chi connectivity index (χ4n) is 4.74. The number of aryl methyl sites for hydroxylation is 2. The van der Waals surface area contributed by atoms with E-state index in [-0.39, 0.29) is 22.7 Å². The number of sulfone groups is 1. The van der Waals surface area contributed by atoms with Gasteiger partial charge >= 0.3 is 6.03 Å². The maximum atomic E-state index is 14.0. The Balaban J connectivity index is 1.61. The van der Waals surface area contributed by atoms with E-state index in [9.17, 15) is 13.2 Å². The zero-order valence-corrected chi connectivity index (χ0v) is 22.1. The molecule has 2 amide bonds. The summed E-state index contributed by atoms with van der Waals surface area (Å²) in [7, 11) is -2.28. The predicted molar refractivity (Wildman–Crippen MR) is 137 cm³/mol. The van der Waals surface area contributed by atoms with Gasteiger partial charge in [0.2, 0.25) is 0 Å². The molecular weight excluding hydrogens is 496 g/mol. The van der Waals surface area contributed by atoms with E-state index in [2.05, 4.69) is 20.7 Å². The molecule has 37 heavy (non-hydrogen) atoms. The highest BCUT2D eigenvalue weighted by molar-refractivity contribution is 7.92. The summed E-state index contributed by atoms with van der Waals surface area (Å²) in [6.45, 7) is 7.05. The number of anilines is 2. The zero-order chi connectivity index (χ0) is 26.4. The Kier molecular flexibility index (Phi) is 6.40. The van der Waals surface area contributed by atoms with Crippen molar-refractivity contribution in [1.29, 1.82) is 0 Å². The van der Waals surface area contributed by atoms with Gasteiger partial charge in [0.15, 0.2) is 21.4 Å². The van der Waals surface area contributed by atoms with Crippen molar-refractivity contribution in [3.05, 3.63) is 47.5 Å². The molecule has 1 aliphatic carbocycles. The van der Waals surface area contributed by atoms with Crippen LogP contribution in [0.1, 0.15) is 36.9 Å². The van der Waals surface area contributed by atoms with Crippen molar-refractivity contribution in [3.8, 4) is 11.4 Å². The Labute approximate surface area is 215 Å². The smallest absolute Gasteiger partial charge is 0.318 e. The third kappa shape index (κ3) is 4.44. The van der Waals surface area contributed by atoms with Crippen LogP contribution in [0.5, 0.6) is 0 Å². The van der Waals surface area contributed by atoms with Gasteiger partial charge in [-0.25, -0.2) is 23.2 Å². The molecule has 1 saturated carbocycles. The number of carbonyl (C=O) groups excluding carboxylic acids is 1. The van der Waals surface area contributed by atoms with E-state index < -0.39 is 14.6 Å². The van der Waals surface area contributed by atoms with Gasteiger partial charge in [-0.3, -0.25) is 0 Å². The summed E-state index contributed by atoms with van der Waals surface area (Å²) in [6, 6.07) is 8.66. The molecule has 12 heteroatoms. The van der Waals surface area contributed by atoms with Gasteiger partial charge in [0.1, 0.15) is 15.5 Å². The van der Waals surface area contributed by atoms with Crippen molar-refractivity contribution < 1.29 is 22.5 Å². The molecule has 0 radical (unpaired) electrons. The van der Waals surface area contributed by atoms with Crippen LogP contribution in [0.15, 0.2) is 39.8 Å². The number of hydrogen-bond donors (Lipinski definition) is 2. The molecule has 1 aliphatic heterocycles. The lowest BCUT2D eigenvalue weighted by Gasteiger charge is -2.34. The largest absolute Gasteiger partial charge is 0.377 e. The monoisotopic (exact) mass is 526 g/mol. The summed E-state index contributed by atoms with van der Waals surface area (Å²) in [5, 5.41) is 9.11. The average Bonchev–Trinajstić information content (AvgIpc) is 3.64. The lowest BCUT2D eigenvalue weighted by molar-refractivity contribution is 0.0985. The normalized spacial score (nSPS) is 18.9.